The summed E-state index contributed by atoms with van der Waals surface area (Å²) in [5.74, 6) is 0.186. The Morgan fingerprint density at radius 3 is 2.30 bits per heavy atom. The molecule has 0 bridgehead atoms. The second-order valence-electron chi connectivity index (χ2n) is 5.34. The Hall–Kier alpha value is -2.88. The van der Waals surface area contributed by atoms with Crippen molar-refractivity contribution >= 4 is 5.71 Å². The third-order valence-electron chi connectivity index (χ3n) is 3.64. The summed E-state index contributed by atoms with van der Waals surface area (Å²) in [6, 6.07) is 19.5. The van der Waals surface area contributed by atoms with Crippen molar-refractivity contribution in [2.45, 2.75) is 19.9 Å². The molecule has 0 aliphatic rings. The zero-order valence-electron chi connectivity index (χ0n) is 13.1. The van der Waals surface area contributed by atoms with E-state index >= 15 is 0 Å². The van der Waals surface area contributed by atoms with Gasteiger partial charge in [0.05, 0.1) is 11.8 Å². The normalized spacial score (nSPS) is 13.0. The van der Waals surface area contributed by atoms with Gasteiger partial charge in [0.1, 0.15) is 0 Å². The van der Waals surface area contributed by atoms with Crippen molar-refractivity contribution in [1.82, 2.24) is 4.98 Å². The van der Waals surface area contributed by atoms with Crippen LogP contribution in [-0.4, -0.2) is 15.8 Å². The highest BCUT2D eigenvalue weighted by atomic mass is 16.5. The minimum Gasteiger partial charge on any atom is -0.479 e. The Bertz CT molecular complexity index is 808. The molecule has 0 fully saturated rings. The van der Waals surface area contributed by atoms with Gasteiger partial charge in [-0.25, -0.2) is 4.98 Å². The molecule has 0 radical (unpaired) electrons. The second-order valence-corrected chi connectivity index (χ2v) is 5.34. The number of benzene rings is 2. The number of aromatic nitrogens is 1. The predicted molar refractivity (Wildman–Crippen MR) is 90.7 cm³/mol. The van der Waals surface area contributed by atoms with Crippen molar-refractivity contribution in [3.63, 3.8) is 0 Å². The lowest BCUT2D eigenvalue weighted by molar-refractivity contribution is 0.336. The summed E-state index contributed by atoms with van der Waals surface area (Å²) in [5.41, 5.74) is 2.95. The molecular formula is C19H18N2O2. The van der Waals surface area contributed by atoms with Crippen LogP contribution in [0.4, 0.5) is 0 Å². The van der Waals surface area contributed by atoms with Crippen molar-refractivity contribution in [1.29, 1.82) is 0 Å². The molecule has 3 aromatic rings. The van der Waals surface area contributed by atoms with Crippen LogP contribution in [-0.2, 0) is 0 Å². The molecule has 1 heterocycles. The molecule has 0 spiro atoms. The molecule has 0 saturated heterocycles. The van der Waals surface area contributed by atoms with E-state index in [4.69, 9.17) is 4.42 Å². The van der Waals surface area contributed by atoms with Crippen LogP contribution in [0.15, 0.2) is 70.1 Å². The van der Waals surface area contributed by atoms with Crippen LogP contribution in [0.5, 0.6) is 5.95 Å². The van der Waals surface area contributed by atoms with E-state index in [0.29, 0.717) is 17.3 Å². The maximum atomic E-state index is 10.0. The monoisotopic (exact) mass is 306 g/mol. The molecule has 0 saturated carbocycles. The second kappa shape index (κ2) is 6.48. The third-order valence-corrected chi connectivity index (χ3v) is 3.64. The highest BCUT2D eigenvalue weighted by Gasteiger charge is 2.17. The highest BCUT2D eigenvalue weighted by Crippen LogP contribution is 2.27. The zero-order valence-corrected chi connectivity index (χ0v) is 13.1. The van der Waals surface area contributed by atoms with Crippen LogP contribution in [0.1, 0.15) is 31.1 Å². The van der Waals surface area contributed by atoms with Gasteiger partial charge in [-0.3, -0.25) is 4.99 Å². The van der Waals surface area contributed by atoms with E-state index in [1.54, 1.807) is 0 Å². The standard InChI is InChI=1S/C19H18N2O2/c1-13(15-9-5-3-6-10-15)20-14(2)17-19(22)23-18(21-17)16-11-7-4-8-12-16/h3-13,22H,1-2H3/t13-/m1/s1. The number of rotatable bonds is 4. The lowest BCUT2D eigenvalue weighted by Gasteiger charge is -2.07. The first-order valence-corrected chi connectivity index (χ1v) is 7.50. The smallest absolute Gasteiger partial charge is 0.312 e. The predicted octanol–water partition coefficient (Wildman–Crippen LogP) is 4.62. The van der Waals surface area contributed by atoms with Gasteiger partial charge in [-0.2, -0.15) is 0 Å². The maximum Gasteiger partial charge on any atom is 0.312 e. The summed E-state index contributed by atoms with van der Waals surface area (Å²) in [7, 11) is 0. The molecular weight excluding hydrogens is 288 g/mol. The van der Waals surface area contributed by atoms with E-state index in [0.717, 1.165) is 11.1 Å². The van der Waals surface area contributed by atoms with Gasteiger partial charge in [0.2, 0.25) is 5.89 Å². The van der Waals surface area contributed by atoms with E-state index < -0.39 is 0 Å². The number of hydrogen-bond donors (Lipinski definition) is 1. The topological polar surface area (TPSA) is 58.6 Å². The Morgan fingerprint density at radius 1 is 1.04 bits per heavy atom. The van der Waals surface area contributed by atoms with Gasteiger partial charge in [-0.05, 0) is 31.5 Å². The van der Waals surface area contributed by atoms with Gasteiger partial charge in [-0.1, -0.05) is 48.5 Å². The van der Waals surface area contributed by atoms with Crippen LogP contribution >= 0.6 is 0 Å². The maximum absolute atomic E-state index is 10.0. The minimum absolute atomic E-state index is 0.0209. The van der Waals surface area contributed by atoms with Gasteiger partial charge < -0.3 is 9.52 Å². The fourth-order valence-electron chi connectivity index (χ4n) is 2.41. The minimum atomic E-state index is -0.203. The molecule has 116 valence electrons. The van der Waals surface area contributed by atoms with E-state index in [-0.39, 0.29) is 12.0 Å². The van der Waals surface area contributed by atoms with Crippen molar-refractivity contribution in [3.05, 3.63) is 71.9 Å². The van der Waals surface area contributed by atoms with Crippen molar-refractivity contribution in [3.8, 4) is 17.4 Å². The van der Waals surface area contributed by atoms with E-state index in [9.17, 15) is 5.11 Å². The van der Waals surface area contributed by atoms with E-state index in [1.165, 1.54) is 0 Å². The molecule has 1 N–H and O–H groups in total. The molecule has 0 amide bonds. The highest BCUT2D eigenvalue weighted by molar-refractivity contribution is 5.99. The van der Waals surface area contributed by atoms with Gasteiger partial charge in [0.25, 0.3) is 0 Å². The molecule has 1 aromatic heterocycles. The molecule has 2 aromatic carbocycles. The number of oxazole rings is 1. The SMILES string of the molecule is CC(=N[C@H](C)c1ccccc1)c1nc(-c2ccccc2)oc1O. The Kier molecular flexibility index (Phi) is 4.24. The third kappa shape index (κ3) is 3.31. The number of nitrogens with zero attached hydrogens (tertiary/aromatic N) is 2. The fourth-order valence-corrected chi connectivity index (χ4v) is 2.41. The first-order chi connectivity index (χ1) is 11.1. The summed E-state index contributed by atoms with van der Waals surface area (Å²) in [6.07, 6.45) is 0. The Morgan fingerprint density at radius 2 is 1.65 bits per heavy atom. The van der Waals surface area contributed by atoms with Crippen LogP contribution in [0, 0.1) is 0 Å². The number of aromatic hydroxyl groups is 1. The molecule has 3 rings (SSSR count). The Balaban J connectivity index is 1.89. The molecule has 4 heteroatoms. The fraction of sp³-hybridized carbons (Fsp3) is 0.158. The number of aliphatic imine (C=N–C) groups is 1. The van der Waals surface area contributed by atoms with Crippen LogP contribution in [0.2, 0.25) is 0 Å². The largest absolute Gasteiger partial charge is 0.479 e. The van der Waals surface area contributed by atoms with Gasteiger partial charge in [-0.15, -0.1) is 0 Å². The Labute approximate surface area is 135 Å². The number of hydrogen-bond acceptors (Lipinski definition) is 4. The van der Waals surface area contributed by atoms with Gasteiger partial charge in [0, 0.05) is 5.56 Å². The lowest BCUT2D eigenvalue weighted by Crippen LogP contribution is -2.00. The van der Waals surface area contributed by atoms with Crippen molar-refractivity contribution in [2.24, 2.45) is 4.99 Å². The zero-order chi connectivity index (χ0) is 16.2. The molecule has 4 nitrogen and oxygen atoms in total. The average Bonchev–Trinajstić information content (AvgIpc) is 2.98. The molecule has 0 aliphatic carbocycles. The summed E-state index contributed by atoms with van der Waals surface area (Å²) >= 11 is 0. The summed E-state index contributed by atoms with van der Waals surface area (Å²) in [5, 5.41) is 10.0. The van der Waals surface area contributed by atoms with Crippen LogP contribution < -0.4 is 0 Å². The summed E-state index contributed by atoms with van der Waals surface area (Å²) < 4.78 is 5.37. The average molecular weight is 306 g/mol. The van der Waals surface area contributed by atoms with Gasteiger partial charge >= 0.3 is 5.95 Å². The summed E-state index contributed by atoms with van der Waals surface area (Å²) in [6.45, 7) is 3.83. The van der Waals surface area contributed by atoms with Crippen LogP contribution in [0.25, 0.3) is 11.5 Å². The molecule has 0 unspecified atom stereocenters. The first-order valence-electron chi connectivity index (χ1n) is 7.50. The van der Waals surface area contributed by atoms with Crippen LogP contribution in [0.3, 0.4) is 0 Å². The molecule has 23 heavy (non-hydrogen) atoms. The quantitative estimate of drug-likeness (QED) is 0.716. The van der Waals surface area contributed by atoms with E-state index in [1.807, 2.05) is 74.5 Å². The molecule has 0 aliphatic heterocycles. The summed E-state index contributed by atoms with van der Waals surface area (Å²) in [4.78, 5) is 9.00. The van der Waals surface area contributed by atoms with Crippen molar-refractivity contribution < 1.29 is 9.52 Å². The van der Waals surface area contributed by atoms with Crippen molar-refractivity contribution in [2.75, 3.05) is 0 Å². The molecule has 1 atom stereocenters. The van der Waals surface area contributed by atoms with Gasteiger partial charge in [0.15, 0.2) is 5.69 Å². The van der Waals surface area contributed by atoms with E-state index in [2.05, 4.69) is 9.98 Å². The first kappa shape index (κ1) is 15.0. The lowest BCUT2D eigenvalue weighted by atomic mass is 10.1.